The first-order chi connectivity index (χ1) is 13.2. The SMILES string of the molecule is CNC(=O)c1n[nH]c2c1CN(C(=O)CCCc1c[nH]c3ccccc13)CC2. The fraction of sp³-hybridized carbons (Fsp3) is 0.350. The molecular formula is C20H23N5O2. The number of aromatic nitrogens is 3. The molecule has 0 fully saturated rings. The third-order valence-corrected chi connectivity index (χ3v) is 5.24. The molecule has 7 heteroatoms. The van der Waals surface area contributed by atoms with Crippen molar-refractivity contribution < 1.29 is 9.59 Å². The number of aryl methyl sites for hydroxylation is 1. The summed E-state index contributed by atoms with van der Waals surface area (Å²) in [7, 11) is 1.58. The first-order valence-electron chi connectivity index (χ1n) is 9.28. The van der Waals surface area contributed by atoms with Crippen molar-refractivity contribution in [1.29, 1.82) is 0 Å². The van der Waals surface area contributed by atoms with E-state index in [1.54, 1.807) is 7.05 Å². The van der Waals surface area contributed by atoms with Crippen LogP contribution in [-0.2, 0) is 24.2 Å². The molecule has 2 aromatic heterocycles. The number of hydrogen-bond donors (Lipinski definition) is 3. The highest BCUT2D eigenvalue weighted by Gasteiger charge is 2.27. The summed E-state index contributed by atoms with van der Waals surface area (Å²) in [5, 5.41) is 10.9. The molecule has 0 saturated carbocycles. The molecule has 0 aliphatic carbocycles. The summed E-state index contributed by atoms with van der Waals surface area (Å²) < 4.78 is 0. The lowest BCUT2D eigenvalue weighted by atomic mass is 10.0. The number of aromatic amines is 2. The van der Waals surface area contributed by atoms with Gasteiger partial charge in [0.15, 0.2) is 5.69 Å². The molecule has 4 rings (SSSR count). The number of nitrogens with zero attached hydrogens (tertiary/aromatic N) is 2. The quantitative estimate of drug-likeness (QED) is 0.647. The Labute approximate surface area is 157 Å². The summed E-state index contributed by atoms with van der Waals surface area (Å²) in [6.07, 6.45) is 4.90. The molecule has 3 N–H and O–H groups in total. The molecule has 0 bridgehead atoms. The number of nitrogens with one attached hydrogen (secondary N) is 3. The zero-order valence-electron chi connectivity index (χ0n) is 15.3. The zero-order chi connectivity index (χ0) is 18.8. The van der Waals surface area contributed by atoms with E-state index in [1.807, 2.05) is 23.2 Å². The number of fused-ring (bicyclic) bond motifs is 2. The number of amides is 2. The number of carbonyl (C=O) groups excluding carboxylic acids is 2. The average molecular weight is 365 g/mol. The van der Waals surface area contributed by atoms with Crippen LogP contribution >= 0.6 is 0 Å². The van der Waals surface area contributed by atoms with Gasteiger partial charge in [0.1, 0.15) is 0 Å². The van der Waals surface area contributed by atoms with Crippen LogP contribution in [0.2, 0.25) is 0 Å². The molecule has 0 spiro atoms. The van der Waals surface area contributed by atoms with E-state index in [0.717, 1.165) is 29.6 Å². The Kier molecular flexibility index (Phi) is 4.66. The van der Waals surface area contributed by atoms with E-state index < -0.39 is 0 Å². The second kappa shape index (κ2) is 7.26. The molecule has 3 aromatic rings. The van der Waals surface area contributed by atoms with Gasteiger partial charge in [-0.1, -0.05) is 18.2 Å². The molecule has 1 aliphatic rings. The van der Waals surface area contributed by atoms with Gasteiger partial charge in [-0.05, 0) is 24.5 Å². The largest absolute Gasteiger partial charge is 0.361 e. The Hall–Kier alpha value is -3.09. The highest BCUT2D eigenvalue weighted by molar-refractivity contribution is 5.94. The summed E-state index contributed by atoms with van der Waals surface area (Å²) in [6, 6.07) is 8.21. The second-order valence-electron chi connectivity index (χ2n) is 6.89. The van der Waals surface area contributed by atoms with E-state index in [4.69, 9.17) is 0 Å². The van der Waals surface area contributed by atoms with Crippen molar-refractivity contribution in [3.63, 3.8) is 0 Å². The van der Waals surface area contributed by atoms with Crippen LogP contribution < -0.4 is 5.32 Å². The minimum atomic E-state index is -0.221. The molecule has 1 aromatic carbocycles. The molecule has 0 atom stereocenters. The Balaban J connectivity index is 1.37. The lowest BCUT2D eigenvalue weighted by Gasteiger charge is -2.27. The van der Waals surface area contributed by atoms with Crippen LogP contribution in [0.5, 0.6) is 0 Å². The zero-order valence-corrected chi connectivity index (χ0v) is 15.3. The molecule has 0 saturated heterocycles. The number of rotatable bonds is 5. The lowest BCUT2D eigenvalue weighted by molar-refractivity contribution is -0.132. The molecule has 1 aliphatic heterocycles. The second-order valence-corrected chi connectivity index (χ2v) is 6.89. The third-order valence-electron chi connectivity index (χ3n) is 5.24. The van der Waals surface area contributed by atoms with Crippen molar-refractivity contribution in [2.75, 3.05) is 13.6 Å². The van der Waals surface area contributed by atoms with Gasteiger partial charge in [-0.15, -0.1) is 0 Å². The highest BCUT2D eigenvalue weighted by atomic mass is 16.2. The van der Waals surface area contributed by atoms with Gasteiger partial charge in [-0.3, -0.25) is 14.7 Å². The number of carbonyl (C=O) groups is 2. The predicted octanol–water partition coefficient (Wildman–Crippen LogP) is 2.16. The van der Waals surface area contributed by atoms with Crippen LogP contribution in [0.4, 0.5) is 0 Å². The fourth-order valence-corrected chi connectivity index (χ4v) is 3.74. The molecule has 3 heterocycles. The van der Waals surface area contributed by atoms with E-state index in [-0.39, 0.29) is 11.8 Å². The highest BCUT2D eigenvalue weighted by Crippen LogP contribution is 2.22. The van der Waals surface area contributed by atoms with Crippen molar-refractivity contribution in [1.82, 2.24) is 25.4 Å². The van der Waals surface area contributed by atoms with Gasteiger partial charge in [-0.25, -0.2) is 0 Å². The van der Waals surface area contributed by atoms with E-state index in [2.05, 4.69) is 32.6 Å². The van der Waals surface area contributed by atoms with Gasteiger partial charge >= 0.3 is 0 Å². The Morgan fingerprint density at radius 2 is 2.15 bits per heavy atom. The van der Waals surface area contributed by atoms with Crippen LogP contribution in [0.15, 0.2) is 30.5 Å². The van der Waals surface area contributed by atoms with Gasteiger partial charge in [0.2, 0.25) is 5.91 Å². The van der Waals surface area contributed by atoms with Crippen LogP contribution in [-0.4, -0.2) is 45.5 Å². The lowest BCUT2D eigenvalue weighted by Crippen LogP contribution is -2.36. The monoisotopic (exact) mass is 365 g/mol. The molecule has 140 valence electrons. The smallest absolute Gasteiger partial charge is 0.271 e. The maximum atomic E-state index is 12.7. The van der Waals surface area contributed by atoms with Gasteiger partial charge < -0.3 is 15.2 Å². The number of benzene rings is 1. The maximum Gasteiger partial charge on any atom is 0.271 e. The molecule has 2 amide bonds. The van der Waals surface area contributed by atoms with Crippen LogP contribution in [0.3, 0.4) is 0 Å². The molecule has 0 radical (unpaired) electrons. The summed E-state index contributed by atoms with van der Waals surface area (Å²) in [5.41, 5.74) is 4.56. The van der Waals surface area contributed by atoms with Gasteiger partial charge in [-0.2, -0.15) is 5.10 Å². The average Bonchev–Trinajstić information content (AvgIpc) is 3.31. The Morgan fingerprint density at radius 3 is 3.00 bits per heavy atom. The predicted molar refractivity (Wildman–Crippen MR) is 102 cm³/mol. The van der Waals surface area contributed by atoms with Crippen molar-refractivity contribution in [2.45, 2.75) is 32.2 Å². The number of hydrogen-bond acceptors (Lipinski definition) is 3. The first-order valence-corrected chi connectivity index (χ1v) is 9.28. The standard InChI is InChI=1S/C20H23N5O2/c1-21-20(27)19-15-12-25(10-9-17(15)23-24-19)18(26)8-4-5-13-11-22-16-7-3-2-6-14(13)16/h2-3,6-7,11,22H,4-5,8-10,12H2,1H3,(H,21,27)(H,23,24). The third kappa shape index (κ3) is 3.32. The van der Waals surface area contributed by atoms with Crippen LogP contribution in [0, 0.1) is 0 Å². The van der Waals surface area contributed by atoms with E-state index >= 15 is 0 Å². The minimum Gasteiger partial charge on any atom is -0.361 e. The molecule has 27 heavy (non-hydrogen) atoms. The summed E-state index contributed by atoms with van der Waals surface area (Å²) >= 11 is 0. The number of para-hydroxylation sites is 1. The van der Waals surface area contributed by atoms with Gasteiger partial charge in [0, 0.05) is 61.3 Å². The number of H-pyrrole nitrogens is 2. The molecular weight excluding hydrogens is 342 g/mol. The normalized spacial score (nSPS) is 13.6. The molecule has 0 unspecified atom stereocenters. The summed E-state index contributed by atoms with van der Waals surface area (Å²) in [5.74, 6) is -0.0920. The van der Waals surface area contributed by atoms with Crippen molar-refractivity contribution in [3.8, 4) is 0 Å². The maximum absolute atomic E-state index is 12.7. The van der Waals surface area contributed by atoms with Crippen LogP contribution in [0.25, 0.3) is 10.9 Å². The first kappa shape index (κ1) is 17.3. The van der Waals surface area contributed by atoms with Gasteiger partial charge in [0.05, 0.1) is 0 Å². The van der Waals surface area contributed by atoms with E-state index in [0.29, 0.717) is 31.6 Å². The van der Waals surface area contributed by atoms with Crippen LogP contribution in [0.1, 0.15) is 40.2 Å². The molecule has 7 nitrogen and oxygen atoms in total. The Bertz CT molecular complexity index is 987. The minimum absolute atomic E-state index is 0.129. The van der Waals surface area contributed by atoms with Crippen molar-refractivity contribution in [3.05, 3.63) is 53.0 Å². The van der Waals surface area contributed by atoms with Crippen molar-refractivity contribution in [2.24, 2.45) is 0 Å². The van der Waals surface area contributed by atoms with Gasteiger partial charge in [0.25, 0.3) is 5.91 Å². The Morgan fingerprint density at radius 1 is 1.30 bits per heavy atom. The van der Waals surface area contributed by atoms with Crippen molar-refractivity contribution >= 4 is 22.7 Å². The summed E-state index contributed by atoms with van der Waals surface area (Å²) in [6.45, 7) is 1.11. The van der Waals surface area contributed by atoms with E-state index in [9.17, 15) is 9.59 Å². The summed E-state index contributed by atoms with van der Waals surface area (Å²) in [4.78, 5) is 29.7. The topological polar surface area (TPSA) is 93.9 Å². The van der Waals surface area contributed by atoms with E-state index in [1.165, 1.54) is 10.9 Å². The fourth-order valence-electron chi connectivity index (χ4n) is 3.74.